The summed E-state index contributed by atoms with van der Waals surface area (Å²) in [6.07, 6.45) is 0. The molecule has 5 heteroatoms. The van der Waals surface area contributed by atoms with Gasteiger partial charge in [-0.05, 0) is 29.7 Å². The van der Waals surface area contributed by atoms with Crippen LogP contribution in [0.1, 0.15) is 4.88 Å². The third kappa shape index (κ3) is 3.21. The third-order valence-corrected chi connectivity index (χ3v) is 4.14. The van der Waals surface area contributed by atoms with Crippen molar-refractivity contribution in [2.24, 2.45) is 0 Å². The maximum atomic E-state index is 11.9. The number of hydrogen-bond acceptors (Lipinski definition) is 3. The van der Waals surface area contributed by atoms with Crippen LogP contribution in [0, 0.1) is 0 Å². The Morgan fingerprint density at radius 2 is 1.81 bits per heavy atom. The van der Waals surface area contributed by atoms with Crippen molar-refractivity contribution < 1.29 is 10.0 Å². The molecule has 0 radical (unpaired) electrons. The van der Waals surface area contributed by atoms with Crippen LogP contribution in [0.5, 0.6) is 0 Å². The van der Waals surface area contributed by atoms with Gasteiger partial charge in [0.15, 0.2) is 0 Å². The Morgan fingerprint density at radius 3 is 2.57 bits per heavy atom. The molecule has 4 nitrogen and oxygen atoms in total. The van der Waals surface area contributed by atoms with Crippen LogP contribution in [0.15, 0.2) is 60.7 Å². The quantitative estimate of drug-likeness (QED) is 0.559. The fourth-order valence-corrected chi connectivity index (χ4v) is 3.09. The number of para-hydroxylation sites is 1. The zero-order valence-corrected chi connectivity index (χ0v) is 12.0. The number of hydrogen-bond donors (Lipinski definition) is 2. The molecule has 3 rings (SSSR count). The summed E-state index contributed by atoms with van der Waals surface area (Å²) in [5.74, 6) is 0. The van der Waals surface area contributed by atoms with Gasteiger partial charge < -0.3 is 5.32 Å². The van der Waals surface area contributed by atoms with Crippen LogP contribution in [0.25, 0.3) is 10.1 Å². The van der Waals surface area contributed by atoms with Gasteiger partial charge in [-0.15, -0.1) is 11.3 Å². The van der Waals surface area contributed by atoms with E-state index in [4.69, 9.17) is 0 Å². The molecule has 0 saturated heterocycles. The van der Waals surface area contributed by atoms with E-state index in [1.54, 1.807) is 23.5 Å². The lowest BCUT2D eigenvalue weighted by Gasteiger charge is -2.14. The Kier molecular flexibility index (Phi) is 3.85. The molecular formula is C16H14N2O2S. The summed E-state index contributed by atoms with van der Waals surface area (Å²) in [6.45, 7) is 0.165. The number of benzene rings is 2. The summed E-state index contributed by atoms with van der Waals surface area (Å²) in [6, 6.07) is 18.5. The van der Waals surface area contributed by atoms with Gasteiger partial charge in [0.25, 0.3) is 0 Å². The molecule has 0 aliphatic carbocycles. The highest BCUT2D eigenvalue weighted by molar-refractivity contribution is 7.19. The predicted molar refractivity (Wildman–Crippen MR) is 84.6 cm³/mol. The number of anilines is 1. The lowest BCUT2D eigenvalue weighted by atomic mass is 10.2. The average molecular weight is 298 g/mol. The van der Waals surface area contributed by atoms with E-state index in [0.29, 0.717) is 10.8 Å². The third-order valence-electron chi connectivity index (χ3n) is 3.04. The largest absolute Gasteiger partial charge is 0.345 e. The minimum atomic E-state index is -0.543. The van der Waals surface area contributed by atoms with Crippen LogP contribution in [0.2, 0.25) is 0 Å². The van der Waals surface area contributed by atoms with Gasteiger partial charge in [0, 0.05) is 15.3 Å². The minimum absolute atomic E-state index is 0.165. The van der Waals surface area contributed by atoms with Gasteiger partial charge >= 0.3 is 6.03 Å². The number of carbonyl (C=O) groups is 1. The van der Waals surface area contributed by atoms with E-state index in [1.165, 1.54) is 0 Å². The molecule has 0 unspecified atom stereocenters. The summed E-state index contributed by atoms with van der Waals surface area (Å²) in [7, 11) is 0. The number of fused-ring (bicyclic) bond motifs is 1. The Hall–Kier alpha value is -2.37. The van der Waals surface area contributed by atoms with Gasteiger partial charge in [-0.3, -0.25) is 5.21 Å². The lowest BCUT2D eigenvalue weighted by molar-refractivity contribution is -0.0441. The van der Waals surface area contributed by atoms with E-state index in [2.05, 4.69) is 5.32 Å². The molecule has 0 spiro atoms. The molecule has 2 N–H and O–H groups in total. The van der Waals surface area contributed by atoms with Crippen molar-refractivity contribution in [3.05, 3.63) is 65.5 Å². The van der Waals surface area contributed by atoms with Gasteiger partial charge in [-0.2, -0.15) is 0 Å². The summed E-state index contributed by atoms with van der Waals surface area (Å²) in [5, 5.41) is 14.3. The van der Waals surface area contributed by atoms with Crippen LogP contribution in [0.3, 0.4) is 0 Å². The number of nitrogens with one attached hydrogen (secondary N) is 1. The first kappa shape index (κ1) is 13.6. The first-order valence-electron chi connectivity index (χ1n) is 6.52. The van der Waals surface area contributed by atoms with Crippen molar-refractivity contribution in [3.63, 3.8) is 0 Å². The zero-order chi connectivity index (χ0) is 14.7. The number of amides is 2. The van der Waals surface area contributed by atoms with E-state index >= 15 is 0 Å². The van der Waals surface area contributed by atoms with Gasteiger partial charge in [0.1, 0.15) is 0 Å². The Morgan fingerprint density at radius 1 is 1.10 bits per heavy atom. The van der Waals surface area contributed by atoms with Gasteiger partial charge in [-0.25, -0.2) is 9.86 Å². The number of urea groups is 1. The van der Waals surface area contributed by atoms with Crippen LogP contribution in [0.4, 0.5) is 10.5 Å². The van der Waals surface area contributed by atoms with Crippen molar-refractivity contribution in [2.75, 3.05) is 5.32 Å². The van der Waals surface area contributed by atoms with Crippen molar-refractivity contribution in [1.29, 1.82) is 0 Å². The van der Waals surface area contributed by atoms with Crippen LogP contribution >= 0.6 is 11.3 Å². The van der Waals surface area contributed by atoms with E-state index in [1.807, 2.05) is 48.5 Å². The van der Waals surface area contributed by atoms with Crippen LogP contribution in [-0.4, -0.2) is 16.3 Å². The van der Waals surface area contributed by atoms with Gasteiger partial charge in [0.05, 0.1) is 6.54 Å². The molecule has 106 valence electrons. The monoisotopic (exact) mass is 298 g/mol. The molecule has 0 saturated carbocycles. The zero-order valence-electron chi connectivity index (χ0n) is 11.2. The molecule has 21 heavy (non-hydrogen) atoms. The highest BCUT2D eigenvalue weighted by atomic mass is 32.1. The Balaban J connectivity index is 1.67. The van der Waals surface area contributed by atoms with Crippen molar-refractivity contribution in [1.82, 2.24) is 5.06 Å². The smallest absolute Gasteiger partial charge is 0.306 e. The number of carbonyl (C=O) groups excluding carboxylic acids is 1. The maximum absolute atomic E-state index is 11.9. The topological polar surface area (TPSA) is 52.6 Å². The number of hydroxylamine groups is 2. The number of rotatable bonds is 3. The second-order valence-corrected chi connectivity index (χ2v) is 5.77. The van der Waals surface area contributed by atoms with E-state index in [9.17, 15) is 10.0 Å². The van der Waals surface area contributed by atoms with Gasteiger partial charge in [0.2, 0.25) is 0 Å². The number of nitrogens with zero attached hydrogens (tertiary/aromatic N) is 1. The highest BCUT2D eigenvalue weighted by Crippen LogP contribution is 2.26. The number of thiophene rings is 1. The van der Waals surface area contributed by atoms with Crippen molar-refractivity contribution >= 4 is 33.1 Å². The highest BCUT2D eigenvalue weighted by Gasteiger charge is 2.13. The van der Waals surface area contributed by atoms with Crippen molar-refractivity contribution in [2.45, 2.75) is 6.54 Å². The lowest BCUT2D eigenvalue weighted by Crippen LogP contribution is -2.31. The standard InChI is InChI=1S/C16H14N2O2S/c19-16(17-13-7-2-1-3-8-13)18(20)11-14-10-12-6-4-5-9-15(12)21-14/h1-10,20H,11H2,(H,17,19). The molecule has 0 bridgehead atoms. The molecular weight excluding hydrogens is 284 g/mol. The van der Waals surface area contributed by atoms with Gasteiger partial charge in [-0.1, -0.05) is 36.4 Å². The molecule has 0 fully saturated rings. The maximum Gasteiger partial charge on any atom is 0.345 e. The SMILES string of the molecule is O=C(Nc1ccccc1)N(O)Cc1cc2ccccc2s1. The summed E-state index contributed by atoms with van der Waals surface area (Å²) in [5.41, 5.74) is 0.651. The molecule has 3 aromatic rings. The second kappa shape index (κ2) is 5.95. The first-order chi connectivity index (χ1) is 10.2. The molecule has 1 aromatic heterocycles. The van der Waals surface area contributed by atoms with Crippen molar-refractivity contribution in [3.8, 4) is 0 Å². The molecule has 0 aliphatic rings. The van der Waals surface area contributed by atoms with E-state index in [-0.39, 0.29) is 6.54 Å². The first-order valence-corrected chi connectivity index (χ1v) is 7.34. The molecule has 1 heterocycles. The van der Waals surface area contributed by atoms with Crippen LogP contribution in [-0.2, 0) is 6.54 Å². The minimum Gasteiger partial charge on any atom is -0.306 e. The fourth-order valence-electron chi connectivity index (χ4n) is 2.04. The Labute approximate surface area is 126 Å². The fraction of sp³-hybridized carbons (Fsp3) is 0.0625. The molecule has 2 aromatic carbocycles. The van der Waals surface area contributed by atoms with E-state index in [0.717, 1.165) is 15.0 Å². The molecule has 0 aliphatic heterocycles. The molecule has 2 amide bonds. The summed E-state index contributed by atoms with van der Waals surface area (Å²) >= 11 is 1.57. The predicted octanol–water partition coefficient (Wildman–Crippen LogP) is 4.32. The summed E-state index contributed by atoms with van der Waals surface area (Å²) < 4.78 is 1.14. The normalized spacial score (nSPS) is 10.5. The second-order valence-electron chi connectivity index (χ2n) is 4.60. The molecule has 0 atom stereocenters. The Bertz CT molecular complexity index is 722. The van der Waals surface area contributed by atoms with E-state index < -0.39 is 6.03 Å². The average Bonchev–Trinajstić information content (AvgIpc) is 2.90. The summed E-state index contributed by atoms with van der Waals surface area (Å²) in [4.78, 5) is 12.8. The van der Waals surface area contributed by atoms with Crippen LogP contribution < -0.4 is 5.32 Å².